The highest BCUT2D eigenvalue weighted by molar-refractivity contribution is 5.93. The van der Waals surface area contributed by atoms with E-state index in [1.165, 1.54) is 0 Å². The van der Waals surface area contributed by atoms with Crippen LogP contribution in [-0.2, 0) is 7.05 Å². The highest BCUT2D eigenvalue weighted by Gasteiger charge is 2.25. The van der Waals surface area contributed by atoms with E-state index in [-0.39, 0.29) is 5.91 Å². The molecule has 2 aromatic heterocycles. The maximum absolute atomic E-state index is 13.2. The second-order valence-corrected chi connectivity index (χ2v) is 7.49. The normalized spacial score (nSPS) is 14.8. The van der Waals surface area contributed by atoms with E-state index in [0.29, 0.717) is 31.3 Å². The van der Waals surface area contributed by atoms with Crippen LogP contribution >= 0.6 is 0 Å². The molecule has 0 atom stereocenters. The molecule has 0 aliphatic carbocycles. The largest absolute Gasteiger partial charge is 0.423 e. The standard InChI is InChI=1S/C23H23N5O2/c1-26-19(16-24-21(26)17-8-3-2-4-9-17)22(29)27-12-7-13-28(15-14-27)23-25-18-10-5-6-11-20(18)30-23/h2-6,8-11,16H,7,12-15H2,1H3. The summed E-state index contributed by atoms with van der Waals surface area (Å²) >= 11 is 0. The fourth-order valence-electron chi connectivity index (χ4n) is 3.93. The van der Waals surface area contributed by atoms with Crippen LogP contribution in [0.5, 0.6) is 0 Å². The van der Waals surface area contributed by atoms with Crippen molar-refractivity contribution in [3.8, 4) is 11.4 Å². The number of rotatable bonds is 3. The average molecular weight is 401 g/mol. The van der Waals surface area contributed by atoms with Gasteiger partial charge in [0.1, 0.15) is 17.0 Å². The van der Waals surface area contributed by atoms with Crippen LogP contribution in [0.15, 0.2) is 65.2 Å². The molecule has 5 rings (SSSR count). The minimum Gasteiger partial charge on any atom is -0.423 e. The van der Waals surface area contributed by atoms with Crippen molar-refractivity contribution in [2.45, 2.75) is 6.42 Å². The molecule has 7 heteroatoms. The zero-order valence-corrected chi connectivity index (χ0v) is 16.9. The number of para-hydroxylation sites is 2. The van der Waals surface area contributed by atoms with Crippen LogP contribution in [0.25, 0.3) is 22.5 Å². The summed E-state index contributed by atoms with van der Waals surface area (Å²) in [6.45, 7) is 2.80. The molecule has 1 aliphatic rings. The van der Waals surface area contributed by atoms with Gasteiger partial charge >= 0.3 is 0 Å². The molecule has 1 amide bonds. The highest BCUT2D eigenvalue weighted by Crippen LogP contribution is 2.23. The zero-order chi connectivity index (χ0) is 20.5. The Kier molecular flexibility index (Phi) is 4.71. The van der Waals surface area contributed by atoms with Gasteiger partial charge in [0, 0.05) is 38.8 Å². The van der Waals surface area contributed by atoms with Crippen LogP contribution in [0.2, 0.25) is 0 Å². The molecule has 0 radical (unpaired) electrons. The number of aromatic nitrogens is 3. The Bertz CT molecular complexity index is 1150. The summed E-state index contributed by atoms with van der Waals surface area (Å²) in [6, 6.07) is 18.3. The van der Waals surface area contributed by atoms with Gasteiger partial charge < -0.3 is 18.8 Å². The van der Waals surface area contributed by atoms with E-state index in [1.54, 1.807) is 6.20 Å². The Hall–Kier alpha value is -3.61. The Labute approximate surface area is 174 Å². The molecular formula is C23H23N5O2. The topological polar surface area (TPSA) is 67.4 Å². The zero-order valence-electron chi connectivity index (χ0n) is 16.9. The van der Waals surface area contributed by atoms with Crippen molar-refractivity contribution < 1.29 is 9.21 Å². The number of nitrogens with zero attached hydrogens (tertiary/aromatic N) is 5. The molecular weight excluding hydrogens is 378 g/mol. The van der Waals surface area contributed by atoms with Crippen molar-refractivity contribution in [3.63, 3.8) is 0 Å². The molecule has 1 fully saturated rings. The average Bonchev–Trinajstić information content (AvgIpc) is 3.29. The van der Waals surface area contributed by atoms with Gasteiger partial charge in [-0.25, -0.2) is 4.98 Å². The number of fused-ring (bicyclic) bond motifs is 1. The first-order valence-electron chi connectivity index (χ1n) is 10.2. The van der Waals surface area contributed by atoms with Crippen molar-refractivity contribution >= 4 is 23.0 Å². The highest BCUT2D eigenvalue weighted by atomic mass is 16.4. The van der Waals surface area contributed by atoms with Crippen molar-refractivity contribution in [2.24, 2.45) is 7.05 Å². The predicted octanol–water partition coefficient (Wildman–Crippen LogP) is 3.58. The molecule has 2 aromatic carbocycles. The van der Waals surface area contributed by atoms with Gasteiger partial charge in [0.05, 0.1) is 6.20 Å². The van der Waals surface area contributed by atoms with E-state index in [2.05, 4.69) is 14.9 Å². The maximum atomic E-state index is 13.2. The Morgan fingerprint density at radius 1 is 0.967 bits per heavy atom. The molecule has 0 saturated carbocycles. The third-order valence-electron chi connectivity index (χ3n) is 5.58. The summed E-state index contributed by atoms with van der Waals surface area (Å²) in [5, 5.41) is 0. The van der Waals surface area contributed by atoms with Gasteiger partial charge in [0.25, 0.3) is 11.9 Å². The number of hydrogen-bond donors (Lipinski definition) is 0. The lowest BCUT2D eigenvalue weighted by atomic mass is 10.2. The third kappa shape index (κ3) is 3.32. The predicted molar refractivity (Wildman–Crippen MR) is 115 cm³/mol. The maximum Gasteiger partial charge on any atom is 0.298 e. The number of benzene rings is 2. The van der Waals surface area contributed by atoms with Gasteiger partial charge in [-0.1, -0.05) is 42.5 Å². The van der Waals surface area contributed by atoms with Crippen LogP contribution < -0.4 is 4.90 Å². The van der Waals surface area contributed by atoms with Crippen LogP contribution in [0, 0.1) is 0 Å². The molecule has 1 saturated heterocycles. The molecule has 30 heavy (non-hydrogen) atoms. The van der Waals surface area contributed by atoms with Crippen molar-refractivity contribution in [3.05, 3.63) is 66.5 Å². The first kappa shape index (κ1) is 18.4. The monoisotopic (exact) mass is 401 g/mol. The van der Waals surface area contributed by atoms with Gasteiger partial charge in [0.15, 0.2) is 5.58 Å². The molecule has 0 unspecified atom stereocenters. The summed E-state index contributed by atoms with van der Waals surface area (Å²) in [5.41, 5.74) is 3.24. The van der Waals surface area contributed by atoms with Crippen molar-refractivity contribution in [1.82, 2.24) is 19.4 Å². The molecule has 0 bridgehead atoms. The lowest BCUT2D eigenvalue weighted by Crippen LogP contribution is -2.36. The number of imidazole rings is 1. The lowest BCUT2D eigenvalue weighted by Gasteiger charge is -2.21. The smallest absolute Gasteiger partial charge is 0.298 e. The number of carbonyl (C=O) groups is 1. The molecule has 152 valence electrons. The van der Waals surface area contributed by atoms with Crippen LogP contribution in [0.3, 0.4) is 0 Å². The summed E-state index contributed by atoms with van der Waals surface area (Å²) < 4.78 is 7.79. The van der Waals surface area contributed by atoms with Crippen molar-refractivity contribution in [2.75, 3.05) is 31.1 Å². The van der Waals surface area contributed by atoms with Gasteiger partial charge in [-0.05, 0) is 18.6 Å². The van der Waals surface area contributed by atoms with Gasteiger partial charge in [-0.2, -0.15) is 4.98 Å². The Balaban J connectivity index is 1.32. The first-order valence-corrected chi connectivity index (χ1v) is 10.2. The molecule has 7 nitrogen and oxygen atoms in total. The quantitative estimate of drug-likeness (QED) is 0.525. The number of hydrogen-bond acceptors (Lipinski definition) is 5. The Morgan fingerprint density at radius 2 is 1.77 bits per heavy atom. The fourth-order valence-corrected chi connectivity index (χ4v) is 3.93. The number of anilines is 1. The molecule has 3 heterocycles. The minimum atomic E-state index is 0.00611. The van der Waals surface area contributed by atoms with E-state index in [1.807, 2.05) is 71.1 Å². The summed E-state index contributed by atoms with van der Waals surface area (Å²) in [5.74, 6) is 0.800. The molecule has 0 spiro atoms. The van der Waals surface area contributed by atoms with Crippen LogP contribution in [0.1, 0.15) is 16.9 Å². The van der Waals surface area contributed by atoms with E-state index >= 15 is 0 Å². The minimum absolute atomic E-state index is 0.00611. The molecule has 4 aromatic rings. The van der Waals surface area contributed by atoms with E-state index < -0.39 is 0 Å². The third-order valence-corrected chi connectivity index (χ3v) is 5.58. The van der Waals surface area contributed by atoms with Crippen molar-refractivity contribution in [1.29, 1.82) is 0 Å². The van der Waals surface area contributed by atoms with E-state index in [4.69, 9.17) is 4.42 Å². The van der Waals surface area contributed by atoms with E-state index in [0.717, 1.165) is 35.5 Å². The number of oxazole rings is 1. The fraction of sp³-hybridized carbons (Fsp3) is 0.261. The number of amides is 1. The molecule has 0 N–H and O–H groups in total. The second kappa shape index (κ2) is 7.67. The summed E-state index contributed by atoms with van der Waals surface area (Å²) in [7, 11) is 1.89. The Morgan fingerprint density at radius 3 is 2.60 bits per heavy atom. The summed E-state index contributed by atoms with van der Waals surface area (Å²) in [6.07, 6.45) is 2.53. The number of carbonyl (C=O) groups excluding carboxylic acids is 1. The van der Waals surface area contributed by atoms with Crippen LogP contribution in [0.4, 0.5) is 6.01 Å². The first-order chi connectivity index (χ1) is 14.7. The summed E-state index contributed by atoms with van der Waals surface area (Å²) in [4.78, 5) is 26.3. The van der Waals surface area contributed by atoms with Gasteiger partial charge in [-0.3, -0.25) is 4.79 Å². The van der Waals surface area contributed by atoms with Crippen LogP contribution in [-0.4, -0.2) is 51.5 Å². The SMILES string of the molecule is Cn1c(C(=O)N2CCCN(c3nc4ccccc4o3)CC2)cnc1-c1ccccc1. The molecule has 1 aliphatic heterocycles. The second-order valence-electron chi connectivity index (χ2n) is 7.49. The van der Waals surface area contributed by atoms with Gasteiger partial charge in [0.2, 0.25) is 0 Å². The van der Waals surface area contributed by atoms with E-state index in [9.17, 15) is 4.79 Å². The van der Waals surface area contributed by atoms with Gasteiger partial charge in [-0.15, -0.1) is 0 Å². The lowest BCUT2D eigenvalue weighted by molar-refractivity contribution is 0.0757.